The smallest absolute Gasteiger partial charge is 0.259 e. The maximum absolute atomic E-state index is 13.8. The zero-order chi connectivity index (χ0) is 25.2. The molecule has 7 heteroatoms. The zero-order valence-electron chi connectivity index (χ0n) is 20.4. The number of rotatable bonds is 7. The Labute approximate surface area is 216 Å². The number of anilines is 1. The summed E-state index contributed by atoms with van der Waals surface area (Å²) in [6, 6.07) is 18.1. The molecule has 0 spiro atoms. The Morgan fingerprint density at radius 3 is 2.53 bits per heavy atom. The van der Waals surface area contributed by atoms with Gasteiger partial charge in [-0.3, -0.25) is 19.3 Å². The van der Waals surface area contributed by atoms with Crippen molar-refractivity contribution >= 4 is 45.8 Å². The first kappa shape index (κ1) is 24.3. The molecule has 1 heterocycles. The molecule has 5 rings (SSSR count). The Balaban J connectivity index is 1.40. The van der Waals surface area contributed by atoms with E-state index >= 15 is 0 Å². The Morgan fingerprint density at radius 1 is 1.06 bits per heavy atom. The van der Waals surface area contributed by atoms with Gasteiger partial charge in [0, 0.05) is 28.6 Å². The van der Waals surface area contributed by atoms with Crippen LogP contribution in [0.1, 0.15) is 54.9 Å². The summed E-state index contributed by atoms with van der Waals surface area (Å²) in [5.74, 6) is -0.660. The summed E-state index contributed by atoms with van der Waals surface area (Å²) in [7, 11) is 0. The topological polar surface area (TPSA) is 69.7 Å². The number of hydrogen-bond acceptors (Lipinski definition) is 3. The lowest BCUT2D eigenvalue weighted by molar-refractivity contribution is -0.139. The molecule has 0 aromatic heterocycles. The predicted molar refractivity (Wildman–Crippen MR) is 142 cm³/mol. The lowest BCUT2D eigenvalue weighted by Crippen LogP contribution is -2.52. The molecular formula is C29H30ClN3O3. The predicted octanol–water partition coefficient (Wildman–Crippen LogP) is 5.32. The summed E-state index contributed by atoms with van der Waals surface area (Å²) in [6.45, 7) is 1.83. The van der Waals surface area contributed by atoms with E-state index in [1.807, 2.05) is 42.5 Å². The molecule has 1 atom stereocenters. The number of halogens is 1. The van der Waals surface area contributed by atoms with Crippen molar-refractivity contribution in [1.82, 2.24) is 10.2 Å². The molecule has 1 aliphatic heterocycles. The standard InChI is InChI=1S/C29H30ClN3O3/c1-19(28(35)31-23-12-3-2-4-13-23)32(17-20-8-5-11-22(30)16-20)26(34)18-33-25-15-7-10-21-9-6-14-24(27(21)25)29(33)36/h5-11,14-16,19,23H,2-4,12-13,17-18H2,1H3,(H,31,35)/t19-/m0/s1. The van der Waals surface area contributed by atoms with Crippen molar-refractivity contribution in [3.05, 3.63) is 76.8 Å². The molecule has 3 aromatic carbocycles. The minimum atomic E-state index is -0.700. The lowest BCUT2D eigenvalue weighted by atomic mass is 9.95. The summed E-state index contributed by atoms with van der Waals surface area (Å²) < 4.78 is 0. The van der Waals surface area contributed by atoms with Crippen LogP contribution in [0.15, 0.2) is 60.7 Å². The highest BCUT2D eigenvalue weighted by Crippen LogP contribution is 2.37. The molecule has 1 fully saturated rings. The zero-order valence-corrected chi connectivity index (χ0v) is 21.1. The Kier molecular flexibility index (Phi) is 6.97. The number of hydrogen-bond donors (Lipinski definition) is 1. The first-order valence-corrected chi connectivity index (χ1v) is 13.0. The van der Waals surface area contributed by atoms with E-state index in [-0.39, 0.29) is 36.9 Å². The largest absolute Gasteiger partial charge is 0.352 e. The van der Waals surface area contributed by atoms with Gasteiger partial charge in [0.05, 0.1) is 5.69 Å². The van der Waals surface area contributed by atoms with Gasteiger partial charge in [-0.25, -0.2) is 0 Å². The highest BCUT2D eigenvalue weighted by Gasteiger charge is 2.34. The SMILES string of the molecule is C[C@@H](C(=O)NC1CCCCC1)N(Cc1cccc(Cl)c1)C(=O)CN1C(=O)c2cccc3cccc1c23. The number of carbonyl (C=O) groups excluding carboxylic acids is 3. The molecule has 2 aliphatic rings. The molecule has 186 valence electrons. The van der Waals surface area contributed by atoms with Gasteiger partial charge in [-0.05, 0) is 55.0 Å². The molecule has 6 nitrogen and oxygen atoms in total. The number of benzene rings is 3. The van der Waals surface area contributed by atoms with E-state index in [0.29, 0.717) is 10.6 Å². The second kappa shape index (κ2) is 10.3. The third-order valence-corrected chi connectivity index (χ3v) is 7.54. The molecule has 3 amide bonds. The fourth-order valence-electron chi connectivity index (χ4n) is 5.35. The second-order valence-corrected chi connectivity index (χ2v) is 10.2. The van der Waals surface area contributed by atoms with Crippen LogP contribution < -0.4 is 10.2 Å². The van der Waals surface area contributed by atoms with E-state index in [9.17, 15) is 14.4 Å². The highest BCUT2D eigenvalue weighted by molar-refractivity contribution is 6.30. The number of amides is 3. The van der Waals surface area contributed by atoms with Crippen LogP contribution >= 0.6 is 11.6 Å². The normalized spacial score (nSPS) is 16.3. The van der Waals surface area contributed by atoms with Crippen LogP contribution in [-0.2, 0) is 16.1 Å². The van der Waals surface area contributed by atoms with Gasteiger partial charge in [0.1, 0.15) is 12.6 Å². The van der Waals surface area contributed by atoms with E-state index in [0.717, 1.165) is 47.7 Å². The van der Waals surface area contributed by atoms with Gasteiger partial charge in [-0.2, -0.15) is 0 Å². The van der Waals surface area contributed by atoms with Gasteiger partial charge in [0.15, 0.2) is 0 Å². The van der Waals surface area contributed by atoms with E-state index < -0.39 is 6.04 Å². The average molecular weight is 504 g/mol. The van der Waals surface area contributed by atoms with Crippen molar-refractivity contribution < 1.29 is 14.4 Å². The number of nitrogens with one attached hydrogen (secondary N) is 1. The molecule has 3 aromatic rings. The van der Waals surface area contributed by atoms with Crippen LogP contribution in [0.2, 0.25) is 5.02 Å². The quantitative estimate of drug-likeness (QED) is 0.474. The van der Waals surface area contributed by atoms with Crippen LogP contribution in [0, 0.1) is 0 Å². The number of carbonyl (C=O) groups is 3. The summed E-state index contributed by atoms with van der Waals surface area (Å²) >= 11 is 6.20. The fraction of sp³-hybridized carbons (Fsp3) is 0.345. The van der Waals surface area contributed by atoms with Crippen molar-refractivity contribution in [1.29, 1.82) is 0 Å². The Hall–Kier alpha value is -3.38. The maximum Gasteiger partial charge on any atom is 0.259 e. The summed E-state index contributed by atoms with van der Waals surface area (Å²) in [5.41, 5.74) is 2.15. The third kappa shape index (κ3) is 4.82. The fourth-order valence-corrected chi connectivity index (χ4v) is 5.56. The molecule has 0 unspecified atom stereocenters. The van der Waals surface area contributed by atoms with Crippen molar-refractivity contribution in [2.45, 2.75) is 57.7 Å². The minimum absolute atomic E-state index is 0.143. The molecule has 0 saturated heterocycles. The monoisotopic (exact) mass is 503 g/mol. The molecular weight excluding hydrogens is 474 g/mol. The third-order valence-electron chi connectivity index (χ3n) is 7.30. The second-order valence-electron chi connectivity index (χ2n) is 9.74. The van der Waals surface area contributed by atoms with Crippen molar-refractivity contribution in [2.24, 2.45) is 0 Å². The average Bonchev–Trinajstić information content (AvgIpc) is 3.15. The summed E-state index contributed by atoms with van der Waals surface area (Å²) in [6.07, 6.45) is 5.33. The summed E-state index contributed by atoms with van der Waals surface area (Å²) in [4.78, 5) is 43.3. The number of nitrogens with zero attached hydrogens (tertiary/aromatic N) is 2. The molecule has 0 radical (unpaired) electrons. The van der Waals surface area contributed by atoms with Crippen molar-refractivity contribution in [3.63, 3.8) is 0 Å². The van der Waals surface area contributed by atoms with Gasteiger partial charge < -0.3 is 10.2 Å². The van der Waals surface area contributed by atoms with E-state index in [4.69, 9.17) is 11.6 Å². The lowest BCUT2D eigenvalue weighted by Gasteiger charge is -2.32. The first-order chi connectivity index (χ1) is 17.4. The van der Waals surface area contributed by atoms with Crippen LogP contribution in [-0.4, -0.2) is 41.2 Å². The van der Waals surface area contributed by atoms with Gasteiger partial charge in [0.25, 0.3) is 5.91 Å². The van der Waals surface area contributed by atoms with E-state index in [1.165, 1.54) is 11.3 Å². The van der Waals surface area contributed by atoms with Gasteiger partial charge in [-0.15, -0.1) is 0 Å². The maximum atomic E-state index is 13.8. The van der Waals surface area contributed by atoms with Crippen LogP contribution in [0.5, 0.6) is 0 Å². The molecule has 1 aliphatic carbocycles. The van der Waals surface area contributed by atoms with Crippen molar-refractivity contribution in [2.75, 3.05) is 11.4 Å². The van der Waals surface area contributed by atoms with Crippen LogP contribution in [0.25, 0.3) is 10.8 Å². The molecule has 1 N–H and O–H groups in total. The van der Waals surface area contributed by atoms with Crippen LogP contribution in [0.4, 0.5) is 5.69 Å². The highest BCUT2D eigenvalue weighted by atomic mass is 35.5. The van der Waals surface area contributed by atoms with Crippen LogP contribution in [0.3, 0.4) is 0 Å². The molecule has 36 heavy (non-hydrogen) atoms. The minimum Gasteiger partial charge on any atom is -0.352 e. The Bertz CT molecular complexity index is 1310. The first-order valence-electron chi connectivity index (χ1n) is 12.6. The molecule has 0 bridgehead atoms. The van der Waals surface area contributed by atoms with Gasteiger partial charge in [0.2, 0.25) is 11.8 Å². The molecule has 1 saturated carbocycles. The van der Waals surface area contributed by atoms with E-state index in [2.05, 4.69) is 5.32 Å². The van der Waals surface area contributed by atoms with Crippen molar-refractivity contribution in [3.8, 4) is 0 Å². The van der Waals surface area contributed by atoms with Gasteiger partial charge >= 0.3 is 0 Å². The van der Waals surface area contributed by atoms with Gasteiger partial charge in [-0.1, -0.05) is 67.3 Å². The Morgan fingerprint density at radius 2 is 1.78 bits per heavy atom. The summed E-state index contributed by atoms with van der Waals surface area (Å²) in [5, 5.41) is 5.54. The van der Waals surface area contributed by atoms with E-state index in [1.54, 1.807) is 30.0 Å².